The number of carbonyl (C=O) groups excluding carboxylic acids is 1. The van der Waals surface area contributed by atoms with Crippen molar-refractivity contribution in [1.29, 1.82) is 0 Å². The summed E-state index contributed by atoms with van der Waals surface area (Å²) in [6.45, 7) is 2.55. The quantitative estimate of drug-likeness (QED) is 0.812. The molecule has 0 aliphatic rings. The molecule has 0 fully saturated rings. The first-order valence-electron chi connectivity index (χ1n) is 7.21. The summed E-state index contributed by atoms with van der Waals surface area (Å²) in [7, 11) is 1.81. The topological polar surface area (TPSA) is 29.5 Å². The third-order valence-electron chi connectivity index (χ3n) is 3.31. The maximum Gasteiger partial charge on any atom is 0.263 e. The minimum absolute atomic E-state index is 0.00482. The number of amides is 1. The van der Waals surface area contributed by atoms with E-state index in [1.807, 2.05) is 74.6 Å². The van der Waals surface area contributed by atoms with Crippen LogP contribution in [0.1, 0.15) is 18.9 Å². The van der Waals surface area contributed by atoms with Gasteiger partial charge in [-0.15, -0.1) is 0 Å². The molecule has 2 aromatic rings. The lowest BCUT2D eigenvalue weighted by atomic mass is 10.2. The van der Waals surface area contributed by atoms with E-state index < -0.39 is 6.10 Å². The van der Waals surface area contributed by atoms with Gasteiger partial charge in [0.2, 0.25) is 0 Å². The first kappa shape index (κ1) is 15.1. The Morgan fingerprint density at radius 2 is 1.62 bits per heavy atom. The summed E-state index contributed by atoms with van der Waals surface area (Å²) in [5, 5.41) is 0. The van der Waals surface area contributed by atoms with Crippen LogP contribution < -0.4 is 4.74 Å². The summed E-state index contributed by atoms with van der Waals surface area (Å²) in [5.74, 6) is 0.732. The standard InChI is InChI=1S/C18H21NO2/c1-3-17(21-16-12-8-5-9-13-16)18(20)19(2)14-15-10-6-4-7-11-15/h4-13,17H,3,14H2,1-2H3/t17-/m0/s1. The van der Waals surface area contributed by atoms with Crippen LogP contribution in [0.3, 0.4) is 0 Å². The van der Waals surface area contributed by atoms with Crippen LogP contribution >= 0.6 is 0 Å². The van der Waals surface area contributed by atoms with Crippen molar-refractivity contribution in [3.63, 3.8) is 0 Å². The Balaban J connectivity index is 1.99. The lowest BCUT2D eigenvalue weighted by Crippen LogP contribution is -2.39. The molecule has 2 aromatic carbocycles. The van der Waals surface area contributed by atoms with Gasteiger partial charge >= 0.3 is 0 Å². The fraction of sp³-hybridized carbons (Fsp3) is 0.278. The van der Waals surface area contributed by atoms with E-state index >= 15 is 0 Å². The van der Waals surface area contributed by atoms with Gasteiger partial charge in [0.05, 0.1) is 0 Å². The number of para-hydroxylation sites is 1. The highest BCUT2D eigenvalue weighted by atomic mass is 16.5. The van der Waals surface area contributed by atoms with E-state index in [4.69, 9.17) is 4.74 Å². The van der Waals surface area contributed by atoms with Gasteiger partial charge in [0.25, 0.3) is 5.91 Å². The SMILES string of the molecule is CC[C@H](Oc1ccccc1)C(=O)N(C)Cc1ccccc1. The van der Waals surface area contributed by atoms with Gasteiger partial charge in [-0.3, -0.25) is 4.79 Å². The van der Waals surface area contributed by atoms with Crippen LogP contribution in [-0.4, -0.2) is 24.0 Å². The normalized spacial score (nSPS) is 11.7. The molecule has 0 N–H and O–H groups in total. The van der Waals surface area contributed by atoms with Crippen LogP contribution in [0.5, 0.6) is 5.75 Å². The molecule has 21 heavy (non-hydrogen) atoms. The second-order valence-corrected chi connectivity index (χ2v) is 5.01. The van der Waals surface area contributed by atoms with Crippen LogP contribution in [0, 0.1) is 0 Å². The molecule has 1 amide bonds. The Kier molecular flexibility index (Phi) is 5.38. The maximum absolute atomic E-state index is 12.5. The molecule has 0 heterocycles. The predicted molar refractivity (Wildman–Crippen MR) is 84.1 cm³/mol. The summed E-state index contributed by atoms with van der Waals surface area (Å²) in [6.07, 6.45) is 0.202. The Hall–Kier alpha value is -2.29. The molecule has 3 nitrogen and oxygen atoms in total. The van der Waals surface area contributed by atoms with Crippen LogP contribution in [0.4, 0.5) is 0 Å². The van der Waals surface area contributed by atoms with Crippen molar-refractivity contribution in [1.82, 2.24) is 4.90 Å². The summed E-state index contributed by atoms with van der Waals surface area (Å²) in [4.78, 5) is 14.2. The van der Waals surface area contributed by atoms with Crippen molar-refractivity contribution in [2.45, 2.75) is 26.0 Å². The molecular formula is C18H21NO2. The molecule has 0 saturated heterocycles. The minimum Gasteiger partial charge on any atom is -0.481 e. The number of ether oxygens (including phenoxy) is 1. The molecule has 0 saturated carbocycles. The largest absolute Gasteiger partial charge is 0.481 e. The molecular weight excluding hydrogens is 262 g/mol. The molecule has 0 unspecified atom stereocenters. The third kappa shape index (κ3) is 4.35. The number of nitrogens with zero attached hydrogens (tertiary/aromatic N) is 1. The Bertz CT molecular complexity index is 554. The van der Waals surface area contributed by atoms with E-state index in [2.05, 4.69) is 0 Å². The average molecular weight is 283 g/mol. The molecule has 0 spiro atoms. The van der Waals surface area contributed by atoms with E-state index in [1.165, 1.54) is 0 Å². The minimum atomic E-state index is -0.443. The molecule has 110 valence electrons. The van der Waals surface area contributed by atoms with Gasteiger partial charge in [-0.1, -0.05) is 55.5 Å². The van der Waals surface area contributed by atoms with Crippen molar-refractivity contribution >= 4 is 5.91 Å². The fourth-order valence-electron chi connectivity index (χ4n) is 2.15. The molecule has 1 atom stereocenters. The van der Waals surface area contributed by atoms with E-state index in [1.54, 1.807) is 4.90 Å². The fourth-order valence-corrected chi connectivity index (χ4v) is 2.15. The van der Waals surface area contributed by atoms with Crippen molar-refractivity contribution in [2.75, 3.05) is 7.05 Å². The van der Waals surface area contributed by atoms with Gasteiger partial charge < -0.3 is 9.64 Å². The molecule has 2 rings (SSSR count). The summed E-state index contributed by atoms with van der Waals surface area (Å²) in [6, 6.07) is 19.4. The van der Waals surface area contributed by atoms with Gasteiger partial charge in [0, 0.05) is 13.6 Å². The van der Waals surface area contributed by atoms with Gasteiger partial charge in [0.15, 0.2) is 6.10 Å². The monoisotopic (exact) mass is 283 g/mol. The van der Waals surface area contributed by atoms with E-state index in [9.17, 15) is 4.79 Å². The van der Waals surface area contributed by atoms with Crippen molar-refractivity contribution in [2.24, 2.45) is 0 Å². The lowest BCUT2D eigenvalue weighted by Gasteiger charge is -2.24. The van der Waals surface area contributed by atoms with E-state index in [0.717, 1.165) is 11.3 Å². The zero-order chi connectivity index (χ0) is 15.1. The summed E-state index contributed by atoms with van der Waals surface area (Å²) >= 11 is 0. The maximum atomic E-state index is 12.5. The Morgan fingerprint density at radius 3 is 2.19 bits per heavy atom. The Labute approximate surface area is 126 Å². The first-order valence-corrected chi connectivity index (χ1v) is 7.21. The predicted octanol–water partition coefficient (Wildman–Crippen LogP) is 3.50. The molecule has 0 aromatic heterocycles. The highest BCUT2D eigenvalue weighted by Gasteiger charge is 2.22. The molecule has 0 aliphatic carbocycles. The van der Waals surface area contributed by atoms with Gasteiger partial charge in [-0.05, 0) is 24.1 Å². The summed E-state index contributed by atoms with van der Waals surface area (Å²) in [5.41, 5.74) is 1.11. The zero-order valence-electron chi connectivity index (χ0n) is 12.5. The van der Waals surface area contributed by atoms with Crippen molar-refractivity contribution in [3.8, 4) is 5.75 Å². The lowest BCUT2D eigenvalue weighted by molar-refractivity contribution is -0.138. The smallest absolute Gasteiger partial charge is 0.263 e. The number of hydrogen-bond acceptors (Lipinski definition) is 2. The number of rotatable bonds is 6. The van der Waals surface area contributed by atoms with Crippen LogP contribution in [0.15, 0.2) is 60.7 Å². The Morgan fingerprint density at radius 1 is 1.05 bits per heavy atom. The zero-order valence-corrected chi connectivity index (χ0v) is 12.5. The van der Waals surface area contributed by atoms with Gasteiger partial charge in [0.1, 0.15) is 5.75 Å². The first-order chi connectivity index (χ1) is 10.2. The van der Waals surface area contributed by atoms with Crippen LogP contribution in [0.2, 0.25) is 0 Å². The van der Waals surface area contributed by atoms with E-state index in [0.29, 0.717) is 13.0 Å². The highest BCUT2D eigenvalue weighted by Crippen LogP contribution is 2.14. The number of carbonyl (C=O) groups is 1. The molecule has 0 bridgehead atoms. The number of hydrogen-bond donors (Lipinski definition) is 0. The second kappa shape index (κ2) is 7.48. The van der Waals surface area contributed by atoms with Gasteiger partial charge in [-0.25, -0.2) is 0 Å². The van der Waals surface area contributed by atoms with Crippen LogP contribution in [-0.2, 0) is 11.3 Å². The van der Waals surface area contributed by atoms with E-state index in [-0.39, 0.29) is 5.91 Å². The van der Waals surface area contributed by atoms with Crippen LogP contribution in [0.25, 0.3) is 0 Å². The molecule has 3 heteroatoms. The second-order valence-electron chi connectivity index (χ2n) is 5.01. The third-order valence-corrected chi connectivity index (χ3v) is 3.31. The van der Waals surface area contributed by atoms with Crippen molar-refractivity contribution < 1.29 is 9.53 Å². The number of benzene rings is 2. The average Bonchev–Trinajstić information content (AvgIpc) is 2.54. The molecule has 0 aliphatic heterocycles. The highest BCUT2D eigenvalue weighted by molar-refractivity contribution is 5.81. The number of likely N-dealkylation sites (N-methyl/N-ethyl adjacent to an activating group) is 1. The van der Waals surface area contributed by atoms with Crippen molar-refractivity contribution in [3.05, 3.63) is 66.2 Å². The van der Waals surface area contributed by atoms with Gasteiger partial charge in [-0.2, -0.15) is 0 Å². The summed E-state index contributed by atoms with van der Waals surface area (Å²) < 4.78 is 5.79. The molecule has 0 radical (unpaired) electrons.